The summed E-state index contributed by atoms with van der Waals surface area (Å²) in [5.74, 6) is 0. The first-order valence-electron chi connectivity index (χ1n) is 15.2. The maximum absolute atomic E-state index is 2.72. The van der Waals surface area contributed by atoms with Crippen LogP contribution in [0.25, 0.3) is 0 Å². The van der Waals surface area contributed by atoms with E-state index < -0.39 is 17.0 Å². The predicted molar refractivity (Wildman–Crippen MR) is 201 cm³/mol. The first kappa shape index (κ1) is 37.9. The van der Waals surface area contributed by atoms with E-state index in [-0.39, 0.29) is 32.5 Å². The minimum absolute atomic E-state index is 0.0926. The summed E-state index contributed by atoms with van der Waals surface area (Å²) in [5, 5.41) is 0. The summed E-state index contributed by atoms with van der Waals surface area (Å²) in [7, 11) is 4.62. The van der Waals surface area contributed by atoms with Crippen LogP contribution in [-0.4, -0.2) is 19.4 Å². The first-order valence-corrected chi connectivity index (χ1v) is 27.4. The quantitative estimate of drug-likeness (QED) is 0.168. The monoisotopic (exact) mass is 815 g/mol. The molecule has 2 rings (SSSR count). The van der Waals surface area contributed by atoms with Crippen LogP contribution in [-0.2, 0) is 32.5 Å². The van der Waals surface area contributed by atoms with E-state index in [0.717, 1.165) is 0 Å². The van der Waals surface area contributed by atoms with Crippen LogP contribution in [0.1, 0.15) is 158 Å². The molecule has 0 spiro atoms. The molecule has 0 aromatic heterocycles. The number of benzene rings is 2. The molecule has 0 saturated carbocycles. The van der Waals surface area contributed by atoms with E-state index in [2.05, 4.69) is 189 Å². The van der Waals surface area contributed by atoms with Gasteiger partial charge in [-0.3, -0.25) is 0 Å². The van der Waals surface area contributed by atoms with E-state index in [1.807, 2.05) is 0 Å². The molecule has 2 aromatic carbocycles. The fraction of sp³-hybridized carbons (Fsp3) is 0.676. The standard InChI is InChI=1S/2C18H30S.CH2I.Sn/c2*1-16(2,3)12-10-13(17(4,5)6)15(19)14(11-12)18(7,8)9;1-2;/h2*10-11,19H,1-9H3;1H2;/q;;;+2/p-2. The Morgan fingerprint density at radius 1 is 0.439 bits per heavy atom. The van der Waals surface area contributed by atoms with E-state index in [9.17, 15) is 0 Å². The third-order valence-electron chi connectivity index (χ3n) is 7.68. The molecule has 0 aliphatic carbocycles. The van der Waals surface area contributed by atoms with Gasteiger partial charge in [0.15, 0.2) is 0 Å². The van der Waals surface area contributed by atoms with Crippen molar-refractivity contribution in [2.45, 2.75) is 167 Å². The van der Waals surface area contributed by atoms with Crippen LogP contribution < -0.4 is 0 Å². The molecule has 4 heteroatoms. The Balaban J connectivity index is 2.86. The summed E-state index contributed by atoms with van der Waals surface area (Å²) in [4.78, 5) is 3.16. The van der Waals surface area contributed by atoms with E-state index in [1.54, 1.807) is 32.0 Å². The van der Waals surface area contributed by atoms with Crippen molar-refractivity contribution in [1.82, 2.24) is 0 Å². The Kier molecular flexibility index (Phi) is 11.8. The average molecular weight is 815 g/mol. The average Bonchev–Trinajstić information content (AvgIpc) is 2.73. The molecule has 0 N–H and O–H groups in total. The van der Waals surface area contributed by atoms with Crippen LogP contribution in [0.4, 0.5) is 0 Å². The van der Waals surface area contributed by atoms with Crippen molar-refractivity contribution in [3.8, 4) is 0 Å². The molecule has 0 aliphatic heterocycles. The zero-order valence-electron chi connectivity index (χ0n) is 29.7. The number of alkyl halides is 1. The van der Waals surface area contributed by atoms with Crippen LogP contribution in [0.15, 0.2) is 34.1 Å². The van der Waals surface area contributed by atoms with Crippen LogP contribution in [0, 0.1) is 0 Å². The van der Waals surface area contributed by atoms with Crippen molar-refractivity contribution < 1.29 is 0 Å². The van der Waals surface area contributed by atoms with Gasteiger partial charge in [-0.05, 0) is 0 Å². The summed E-state index contributed by atoms with van der Waals surface area (Å²) in [6.07, 6.45) is 0. The van der Waals surface area contributed by atoms with Crippen LogP contribution in [0.5, 0.6) is 0 Å². The molecule has 41 heavy (non-hydrogen) atoms. The van der Waals surface area contributed by atoms with E-state index in [4.69, 9.17) is 0 Å². The molecule has 0 heterocycles. The summed E-state index contributed by atoms with van der Waals surface area (Å²) < 4.78 is 1.28. The van der Waals surface area contributed by atoms with E-state index >= 15 is 0 Å². The molecule has 1 radical (unpaired) electrons. The molecule has 0 atom stereocenters. The Bertz CT molecular complexity index is 1050. The van der Waals surface area contributed by atoms with Crippen molar-refractivity contribution in [3.63, 3.8) is 0 Å². The number of rotatable bonds is 5. The van der Waals surface area contributed by atoms with Gasteiger partial charge in [0, 0.05) is 0 Å². The molecule has 231 valence electrons. The van der Waals surface area contributed by atoms with E-state index in [1.165, 1.54) is 13.6 Å². The van der Waals surface area contributed by atoms with Gasteiger partial charge >= 0.3 is 284 Å². The van der Waals surface area contributed by atoms with Crippen LogP contribution >= 0.6 is 40.5 Å². The fourth-order valence-corrected chi connectivity index (χ4v) is 26.8. The number of halogens is 1. The van der Waals surface area contributed by atoms with Crippen molar-refractivity contribution in [2.24, 2.45) is 0 Å². The molecule has 0 amide bonds. The van der Waals surface area contributed by atoms with Crippen molar-refractivity contribution >= 4 is 57.5 Å². The van der Waals surface area contributed by atoms with Crippen molar-refractivity contribution in [2.75, 3.05) is 2.44 Å². The van der Waals surface area contributed by atoms with Crippen LogP contribution in [0.2, 0.25) is 0 Å². The van der Waals surface area contributed by atoms with Crippen molar-refractivity contribution in [3.05, 3.63) is 57.6 Å². The summed E-state index contributed by atoms with van der Waals surface area (Å²) in [6.45, 7) is 43.1. The molecular formula is C37H60IS2Sn. The van der Waals surface area contributed by atoms with Crippen LogP contribution in [0.3, 0.4) is 0 Å². The van der Waals surface area contributed by atoms with Gasteiger partial charge < -0.3 is 0 Å². The molecule has 0 unspecified atom stereocenters. The van der Waals surface area contributed by atoms with Gasteiger partial charge in [0.1, 0.15) is 0 Å². The molecule has 0 fully saturated rings. The van der Waals surface area contributed by atoms with Gasteiger partial charge in [-0.25, -0.2) is 0 Å². The normalized spacial score (nSPS) is 14.2. The van der Waals surface area contributed by atoms with Gasteiger partial charge in [-0.1, -0.05) is 0 Å². The first-order chi connectivity index (χ1) is 18.1. The second-order valence-electron chi connectivity index (χ2n) is 18.0. The zero-order chi connectivity index (χ0) is 32.1. The Morgan fingerprint density at radius 3 is 0.805 bits per heavy atom. The summed E-state index contributed by atoms with van der Waals surface area (Å²) >= 11 is 0.623. The van der Waals surface area contributed by atoms with Crippen molar-refractivity contribution in [1.29, 1.82) is 0 Å². The van der Waals surface area contributed by atoms with Gasteiger partial charge in [0.2, 0.25) is 0 Å². The van der Waals surface area contributed by atoms with Gasteiger partial charge in [0.25, 0.3) is 0 Å². The molecule has 0 bridgehead atoms. The number of hydrogen-bond acceptors (Lipinski definition) is 2. The molecule has 0 nitrogen and oxygen atoms in total. The van der Waals surface area contributed by atoms with E-state index in [0.29, 0.717) is 0 Å². The second kappa shape index (κ2) is 12.8. The second-order valence-corrected chi connectivity index (χ2v) is 39.1. The Hall–Kier alpha value is 0.669. The molecule has 2 aromatic rings. The third kappa shape index (κ3) is 9.83. The van der Waals surface area contributed by atoms with Gasteiger partial charge in [0.05, 0.1) is 0 Å². The third-order valence-corrected chi connectivity index (χ3v) is 34.8. The van der Waals surface area contributed by atoms with Gasteiger partial charge in [-0.15, -0.1) is 0 Å². The summed E-state index contributed by atoms with van der Waals surface area (Å²) in [5.41, 5.74) is 9.71. The SMILES string of the molecule is CC(C)(C)c1cc(C(C)(C)C)c([S][Sn]([CH2]I)[S]c2c(C(C)(C)C)cc(C(C)(C)C)cc2C(C)(C)C)c(C(C)(C)C)c1. The molecule has 0 aliphatic rings. The Labute approximate surface area is 282 Å². The fourth-order valence-electron chi connectivity index (χ4n) is 4.88. The molecular weight excluding hydrogens is 754 g/mol. The number of hydrogen-bond donors (Lipinski definition) is 0. The summed E-state index contributed by atoms with van der Waals surface area (Å²) in [6, 6.07) is 10.2. The topological polar surface area (TPSA) is 0 Å². The predicted octanol–water partition coefficient (Wildman–Crippen LogP) is 12.8. The van der Waals surface area contributed by atoms with Gasteiger partial charge in [-0.2, -0.15) is 0 Å². The zero-order valence-corrected chi connectivity index (χ0v) is 36.4. The maximum atomic E-state index is 2.72. The Morgan fingerprint density at radius 2 is 0.659 bits per heavy atom. The minimum atomic E-state index is -2.10. The molecule has 0 saturated heterocycles.